The fourth-order valence-corrected chi connectivity index (χ4v) is 4.89. The van der Waals surface area contributed by atoms with Crippen molar-refractivity contribution in [2.75, 3.05) is 18.1 Å². The first-order valence-electron chi connectivity index (χ1n) is 11.8. The molecule has 35 heavy (non-hydrogen) atoms. The molecule has 0 saturated carbocycles. The number of benzene rings is 2. The van der Waals surface area contributed by atoms with Crippen LogP contribution in [0.4, 0.5) is 5.69 Å². The smallest absolute Gasteiger partial charge is 0.174 e. The van der Waals surface area contributed by atoms with E-state index in [4.69, 9.17) is 21.7 Å². The van der Waals surface area contributed by atoms with Gasteiger partial charge in [0.05, 0.1) is 24.9 Å². The van der Waals surface area contributed by atoms with Crippen molar-refractivity contribution in [2.24, 2.45) is 0 Å². The first-order valence-corrected chi connectivity index (χ1v) is 12.2. The van der Waals surface area contributed by atoms with Gasteiger partial charge in [0.25, 0.3) is 0 Å². The van der Waals surface area contributed by atoms with Gasteiger partial charge >= 0.3 is 0 Å². The maximum atomic E-state index is 5.87. The first kappa shape index (κ1) is 22.9. The van der Waals surface area contributed by atoms with Gasteiger partial charge in [-0.25, -0.2) is 0 Å². The van der Waals surface area contributed by atoms with Crippen LogP contribution >= 0.6 is 12.2 Å². The minimum Gasteiger partial charge on any atom is -0.494 e. The Morgan fingerprint density at radius 3 is 2.09 bits per heavy atom. The van der Waals surface area contributed by atoms with Crippen LogP contribution in [0.2, 0.25) is 0 Å². The van der Waals surface area contributed by atoms with Crippen LogP contribution < -0.4 is 19.7 Å². The number of thiocarbonyl (C=S) groups is 1. The van der Waals surface area contributed by atoms with E-state index in [1.807, 2.05) is 62.5 Å². The molecule has 178 valence electrons. The quantitative estimate of drug-likeness (QED) is 0.317. The van der Waals surface area contributed by atoms with Crippen LogP contribution in [0.3, 0.4) is 0 Å². The summed E-state index contributed by atoms with van der Waals surface area (Å²) in [5, 5.41) is 4.19. The zero-order valence-corrected chi connectivity index (χ0v) is 20.6. The molecule has 0 spiro atoms. The normalized spacial score (nSPS) is 17.3. The average molecular weight is 485 g/mol. The largest absolute Gasteiger partial charge is 0.494 e. The van der Waals surface area contributed by atoms with E-state index in [1.165, 1.54) is 0 Å². The van der Waals surface area contributed by atoms with Crippen LogP contribution in [-0.4, -0.2) is 27.9 Å². The third-order valence-electron chi connectivity index (χ3n) is 6.03. The third kappa shape index (κ3) is 4.59. The fraction of sp³-hybridized carbons (Fsp3) is 0.214. The number of pyridine rings is 1. The highest BCUT2D eigenvalue weighted by Gasteiger charge is 2.42. The molecule has 4 aromatic rings. The molecule has 2 atom stereocenters. The van der Waals surface area contributed by atoms with Gasteiger partial charge in [-0.3, -0.25) is 4.98 Å². The molecule has 1 N–H and O–H groups in total. The molecule has 3 heterocycles. The van der Waals surface area contributed by atoms with E-state index in [-0.39, 0.29) is 12.1 Å². The lowest BCUT2D eigenvalue weighted by atomic mass is 10.0. The number of ether oxygens (including phenoxy) is 2. The van der Waals surface area contributed by atoms with Gasteiger partial charge in [0.1, 0.15) is 17.5 Å². The second-order valence-corrected chi connectivity index (χ2v) is 8.54. The summed E-state index contributed by atoms with van der Waals surface area (Å²) < 4.78 is 13.5. The van der Waals surface area contributed by atoms with Crippen molar-refractivity contribution in [3.63, 3.8) is 0 Å². The monoisotopic (exact) mass is 484 g/mol. The van der Waals surface area contributed by atoms with Gasteiger partial charge in [0, 0.05) is 29.5 Å². The number of aromatic nitrogens is 2. The molecular weight excluding hydrogens is 456 g/mol. The number of nitrogens with zero attached hydrogens (tertiary/aromatic N) is 3. The molecule has 0 radical (unpaired) electrons. The Morgan fingerprint density at radius 2 is 1.49 bits per heavy atom. The molecule has 1 aliphatic heterocycles. The molecule has 6 nitrogen and oxygen atoms in total. The van der Waals surface area contributed by atoms with Gasteiger partial charge in [-0.15, -0.1) is 0 Å². The molecule has 2 aromatic heterocycles. The fourth-order valence-electron chi connectivity index (χ4n) is 4.54. The highest BCUT2D eigenvalue weighted by atomic mass is 32.1. The Labute approximate surface area is 211 Å². The van der Waals surface area contributed by atoms with Crippen molar-refractivity contribution in [1.29, 1.82) is 0 Å². The lowest BCUT2D eigenvalue weighted by Gasteiger charge is -2.29. The Kier molecular flexibility index (Phi) is 6.68. The molecule has 5 rings (SSSR count). The van der Waals surface area contributed by atoms with E-state index in [2.05, 4.69) is 62.4 Å². The van der Waals surface area contributed by atoms with Crippen molar-refractivity contribution in [2.45, 2.75) is 25.9 Å². The van der Waals surface area contributed by atoms with E-state index < -0.39 is 0 Å². The van der Waals surface area contributed by atoms with Gasteiger partial charge in [-0.05, 0) is 98.9 Å². The number of anilines is 1. The summed E-state index contributed by atoms with van der Waals surface area (Å²) in [5.74, 6) is 1.70. The van der Waals surface area contributed by atoms with Crippen molar-refractivity contribution in [3.05, 3.63) is 103 Å². The second kappa shape index (κ2) is 10.2. The van der Waals surface area contributed by atoms with Crippen LogP contribution in [0.1, 0.15) is 37.3 Å². The summed E-state index contributed by atoms with van der Waals surface area (Å²) >= 11 is 5.87. The summed E-state index contributed by atoms with van der Waals surface area (Å²) in [5.41, 5.74) is 4.09. The molecule has 1 aliphatic rings. The van der Waals surface area contributed by atoms with E-state index in [9.17, 15) is 0 Å². The molecule has 0 aliphatic carbocycles. The second-order valence-electron chi connectivity index (χ2n) is 8.15. The average Bonchev–Trinajstić information content (AvgIpc) is 3.50. The SMILES string of the molecule is CCOc1ccc(N2C(=S)NC(c3ccccn3)C2c2cccn2-c2ccc(OCC)cc2)cc1. The predicted molar refractivity (Wildman–Crippen MR) is 142 cm³/mol. The molecule has 2 unspecified atom stereocenters. The van der Waals surface area contributed by atoms with Crippen molar-refractivity contribution in [3.8, 4) is 17.2 Å². The molecule has 0 amide bonds. The molecule has 0 bridgehead atoms. The van der Waals surface area contributed by atoms with Crippen LogP contribution in [0.15, 0.2) is 91.3 Å². The standard InChI is InChI=1S/C28H28N4O2S/c1-3-33-22-14-10-20(11-15-22)31-19-7-9-25(31)27-26(24-8-5-6-18-29-24)30-28(35)32(27)21-12-16-23(17-13-21)34-4-2/h5-19,26-27H,3-4H2,1-2H3,(H,30,35). The zero-order chi connectivity index (χ0) is 24.2. The van der Waals surface area contributed by atoms with Gasteiger partial charge < -0.3 is 24.3 Å². The predicted octanol–water partition coefficient (Wildman–Crippen LogP) is 5.85. The van der Waals surface area contributed by atoms with E-state index in [0.29, 0.717) is 18.3 Å². The third-order valence-corrected chi connectivity index (χ3v) is 6.35. The summed E-state index contributed by atoms with van der Waals surface area (Å²) in [7, 11) is 0. The van der Waals surface area contributed by atoms with Crippen LogP contribution in [0.25, 0.3) is 5.69 Å². The van der Waals surface area contributed by atoms with Gasteiger partial charge in [-0.2, -0.15) is 0 Å². The summed E-state index contributed by atoms with van der Waals surface area (Å²) in [6, 6.07) is 26.2. The number of rotatable bonds is 8. The first-order chi connectivity index (χ1) is 17.2. The Bertz CT molecular complexity index is 1270. The van der Waals surface area contributed by atoms with Crippen molar-refractivity contribution < 1.29 is 9.47 Å². The Balaban J connectivity index is 1.58. The van der Waals surface area contributed by atoms with Gasteiger partial charge in [0.15, 0.2) is 5.11 Å². The highest BCUT2D eigenvalue weighted by molar-refractivity contribution is 7.80. The van der Waals surface area contributed by atoms with E-state index in [1.54, 1.807) is 0 Å². The van der Waals surface area contributed by atoms with Gasteiger partial charge in [-0.1, -0.05) is 6.07 Å². The maximum absolute atomic E-state index is 5.87. The minimum absolute atomic E-state index is 0.114. The molecule has 1 fully saturated rings. The van der Waals surface area contributed by atoms with Crippen molar-refractivity contribution in [1.82, 2.24) is 14.9 Å². The topological polar surface area (TPSA) is 51.5 Å². The highest BCUT2D eigenvalue weighted by Crippen LogP contribution is 2.42. The van der Waals surface area contributed by atoms with Crippen molar-refractivity contribution >= 4 is 23.0 Å². The van der Waals surface area contributed by atoms with E-state index >= 15 is 0 Å². The summed E-state index contributed by atoms with van der Waals surface area (Å²) in [6.45, 7) is 5.24. The Hall–Kier alpha value is -3.84. The summed E-state index contributed by atoms with van der Waals surface area (Å²) in [4.78, 5) is 6.83. The summed E-state index contributed by atoms with van der Waals surface area (Å²) in [6.07, 6.45) is 3.90. The molecule has 1 saturated heterocycles. The van der Waals surface area contributed by atoms with E-state index in [0.717, 1.165) is 34.3 Å². The lowest BCUT2D eigenvalue weighted by Crippen LogP contribution is -2.30. The number of hydrogen-bond donors (Lipinski definition) is 1. The van der Waals surface area contributed by atoms with Crippen LogP contribution in [0, 0.1) is 0 Å². The number of hydrogen-bond acceptors (Lipinski definition) is 4. The number of nitrogens with one attached hydrogen (secondary N) is 1. The minimum atomic E-state index is -0.119. The lowest BCUT2D eigenvalue weighted by molar-refractivity contribution is 0.340. The van der Waals surface area contributed by atoms with Gasteiger partial charge in [0.2, 0.25) is 0 Å². The molecule has 7 heteroatoms. The maximum Gasteiger partial charge on any atom is 0.174 e. The Morgan fingerprint density at radius 1 is 0.829 bits per heavy atom. The van der Waals surface area contributed by atoms with Crippen LogP contribution in [0.5, 0.6) is 11.5 Å². The van der Waals surface area contributed by atoms with Crippen LogP contribution in [-0.2, 0) is 0 Å². The molecular formula is C28H28N4O2S. The zero-order valence-electron chi connectivity index (χ0n) is 19.8. The molecule has 2 aromatic carbocycles.